The molecule has 0 bridgehead atoms. The lowest BCUT2D eigenvalue weighted by Crippen LogP contribution is -2.14. The number of hydrogen-bond acceptors (Lipinski definition) is 7. The van der Waals surface area contributed by atoms with Crippen LogP contribution in [0.4, 0.5) is 14.5 Å². The van der Waals surface area contributed by atoms with E-state index in [0.29, 0.717) is 16.7 Å². The summed E-state index contributed by atoms with van der Waals surface area (Å²) in [5.74, 6) is -0.449. The van der Waals surface area contributed by atoms with E-state index < -0.39 is 22.4 Å². The van der Waals surface area contributed by atoms with Crippen molar-refractivity contribution in [1.29, 1.82) is 5.26 Å². The largest absolute Gasteiger partial charge is 0.481 e. The van der Waals surface area contributed by atoms with E-state index in [1.54, 1.807) is 42.5 Å². The van der Waals surface area contributed by atoms with Crippen LogP contribution in [0.15, 0.2) is 102 Å². The van der Waals surface area contributed by atoms with Crippen molar-refractivity contribution in [3.8, 4) is 45.5 Å². The van der Waals surface area contributed by atoms with Crippen molar-refractivity contribution in [3.63, 3.8) is 0 Å². The Balaban J connectivity index is 1.75. The smallest absolute Gasteiger partial charge is 0.337 e. The number of hydrogen-bond donors (Lipinski definition) is 0. The van der Waals surface area contributed by atoms with Crippen molar-refractivity contribution in [1.82, 2.24) is 8.96 Å². The number of alkyl halides is 2. The number of nitriles is 1. The molecule has 0 aliphatic heterocycles. The fourth-order valence-corrected chi connectivity index (χ4v) is 7.55. The van der Waals surface area contributed by atoms with Crippen molar-refractivity contribution in [2.45, 2.75) is 11.3 Å². The average molecular weight is 709 g/mol. The number of methoxy groups -OCH3 is 2. The first-order chi connectivity index (χ1) is 24.0. The van der Waals surface area contributed by atoms with Crippen LogP contribution in [0.25, 0.3) is 49.3 Å². The molecule has 9 nitrogen and oxygen atoms in total. The lowest BCUT2D eigenvalue weighted by molar-refractivity contribution is 0.0600. The fraction of sp³-hybridized carbons (Fsp3) is 0.0811. The molecule has 2 aromatic heterocycles. The molecular weight excluding hydrogens is 686 g/mol. The van der Waals surface area contributed by atoms with Gasteiger partial charge in [-0.05, 0) is 42.0 Å². The van der Waals surface area contributed by atoms with Crippen LogP contribution in [0.5, 0.6) is 5.88 Å². The van der Waals surface area contributed by atoms with Gasteiger partial charge in [-0.25, -0.2) is 35.8 Å². The maximum absolute atomic E-state index is 14.7. The molecule has 0 saturated carbocycles. The molecule has 0 N–H and O–H groups in total. The number of nitrogens with zero attached hydrogens (tertiary/aromatic N) is 4. The van der Waals surface area contributed by atoms with Gasteiger partial charge >= 0.3 is 5.97 Å². The highest BCUT2D eigenvalue weighted by Crippen LogP contribution is 2.48. The zero-order chi connectivity index (χ0) is 35.7. The maximum atomic E-state index is 14.7. The molecule has 0 unspecified atom stereocenters. The van der Waals surface area contributed by atoms with Gasteiger partial charge in [-0.2, -0.15) is 5.26 Å². The van der Waals surface area contributed by atoms with Crippen LogP contribution >= 0.6 is 11.6 Å². The summed E-state index contributed by atoms with van der Waals surface area (Å²) in [6.07, 6.45) is -1.52. The third-order valence-electron chi connectivity index (χ3n) is 8.04. The predicted molar refractivity (Wildman–Crippen MR) is 184 cm³/mol. The van der Waals surface area contributed by atoms with E-state index in [1.165, 1.54) is 44.7 Å². The summed E-state index contributed by atoms with van der Waals surface area (Å²) in [4.78, 5) is 19.8. The first-order valence-electron chi connectivity index (χ1n) is 14.7. The number of ether oxygens (including phenoxy) is 2. The summed E-state index contributed by atoms with van der Waals surface area (Å²) in [6, 6.07) is 23.9. The van der Waals surface area contributed by atoms with Crippen molar-refractivity contribution in [3.05, 3.63) is 130 Å². The average Bonchev–Trinajstić information content (AvgIpc) is 3.48. The van der Waals surface area contributed by atoms with E-state index in [9.17, 15) is 27.3 Å². The molecule has 248 valence electrons. The number of pyridine rings is 1. The van der Waals surface area contributed by atoms with Crippen LogP contribution in [0, 0.1) is 17.9 Å². The number of aromatic nitrogens is 2. The van der Waals surface area contributed by atoms with E-state index in [2.05, 4.69) is 15.9 Å². The Morgan fingerprint density at radius 1 is 0.980 bits per heavy atom. The molecule has 0 aliphatic rings. The highest BCUT2D eigenvalue weighted by molar-refractivity contribution is 7.90. The second-order valence-corrected chi connectivity index (χ2v) is 13.0. The molecule has 13 heteroatoms. The van der Waals surface area contributed by atoms with Crippen LogP contribution in [0.3, 0.4) is 0 Å². The van der Waals surface area contributed by atoms with Crippen molar-refractivity contribution in [2.75, 3.05) is 14.2 Å². The molecule has 0 radical (unpaired) electrons. The van der Waals surface area contributed by atoms with Gasteiger partial charge in [-0.1, -0.05) is 60.1 Å². The number of rotatable bonds is 8. The molecule has 4 aromatic carbocycles. The summed E-state index contributed by atoms with van der Waals surface area (Å²) in [6.45, 7) is 7.96. The summed E-state index contributed by atoms with van der Waals surface area (Å²) < 4.78 is 67.5. The Hall–Kier alpha value is -6.08. The Labute approximate surface area is 290 Å². The Bertz CT molecular complexity index is 2490. The summed E-state index contributed by atoms with van der Waals surface area (Å²) in [7, 11) is -1.94. The van der Waals surface area contributed by atoms with Crippen LogP contribution < -0.4 is 4.74 Å². The number of halogens is 3. The Morgan fingerprint density at radius 2 is 1.70 bits per heavy atom. The second-order valence-electron chi connectivity index (χ2n) is 10.8. The van der Waals surface area contributed by atoms with Gasteiger partial charge in [0.2, 0.25) is 5.88 Å². The van der Waals surface area contributed by atoms with E-state index in [-0.39, 0.29) is 65.9 Å². The lowest BCUT2D eigenvalue weighted by atomic mass is 9.92. The fourth-order valence-electron chi connectivity index (χ4n) is 5.72. The third kappa shape index (κ3) is 5.81. The van der Waals surface area contributed by atoms with Gasteiger partial charge in [-0.15, -0.1) is 0 Å². The number of esters is 1. The van der Waals surface area contributed by atoms with Crippen molar-refractivity contribution in [2.24, 2.45) is 0 Å². The minimum absolute atomic E-state index is 0.0599. The monoisotopic (exact) mass is 708 g/mol. The molecule has 2 heterocycles. The first-order valence-corrected chi connectivity index (χ1v) is 16.5. The SMILES string of the molecule is [C-]#[N+]c1cccc(C#N)c1-c1c(-c2cccc(-c3ccc(C(=O)OC)cc3Cl)c2)n(S(=O)(=O)c2ccc(C(F)F)cc2)c2cnc(OC)cc12. The Kier molecular flexibility index (Phi) is 9.09. The summed E-state index contributed by atoms with van der Waals surface area (Å²) >= 11 is 6.63. The highest BCUT2D eigenvalue weighted by Gasteiger charge is 2.31. The van der Waals surface area contributed by atoms with Gasteiger partial charge < -0.3 is 9.47 Å². The standard InChI is InChI=1S/C37H23ClF2N4O5S/c1-42-30-9-5-8-25(19-41)33(30)34-28-18-32(48-2)43-20-31(28)44(50(46,47)26-13-10-21(11-14-26)36(39)40)35(34)23-7-4-6-22(16-23)27-15-12-24(17-29(27)38)37(45)49-3/h4-18,20,36H,2-3H3. The second kappa shape index (κ2) is 13.4. The number of benzene rings is 4. The molecular formula is C37H23ClF2N4O5S. The minimum atomic E-state index is -4.58. The third-order valence-corrected chi connectivity index (χ3v) is 10.1. The van der Waals surface area contributed by atoms with Crippen LogP contribution in [0.2, 0.25) is 5.02 Å². The molecule has 6 rings (SSSR count). The molecule has 0 spiro atoms. The maximum Gasteiger partial charge on any atom is 0.337 e. The van der Waals surface area contributed by atoms with Crippen LogP contribution in [0.1, 0.15) is 27.9 Å². The topological polar surface area (TPSA) is 116 Å². The molecule has 0 aliphatic carbocycles. The molecule has 0 fully saturated rings. The van der Waals surface area contributed by atoms with Crippen molar-refractivity contribution >= 4 is 44.2 Å². The first kappa shape index (κ1) is 33.8. The van der Waals surface area contributed by atoms with Crippen LogP contribution in [-0.2, 0) is 14.8 Å². The molecule has 0 saturated heterocycles. The normalized spacial score (nSPS) is 11.3. The van der Waals surface area contributed by atoms with Gasteiger partial charge in [0.05, 0.1) is 54.7 Å². The Morgan fingerprint density at radius 3 is 2.34 bits per heavy atom. The molecule has 0 amide bonds. The highest BCUT2D eigenvalue weighted by atomic mass is 35.5. The van der Waals surface area contributed by atoms with E-state index in [1.807, 2.05) is 0 Å². The number of fused-ring (bicyclic) bond motifs is 1. The minimum Gasteiger partial charge on any atom is -0.481 e. The zero-order valence-corrected chi connectivity index (χ0v) is 27.8. The molecule has 0 atom stereocenters. The predicted octanol–water partition coefficient (Wildman–Crippen LogP) is 9.08. The van der Waals surface area contributed by atoms with E-state index in [4.69, 9.17) is 27.6 Å². The van der Waals surface area contributed by atoms with Gasteiger partial charge in [0.25, 0.3) is 16.4 Å². The van der Waals surface area contributed by atoms with Crippen molar-refractivity contribution < 1.29 is 31.5 Å². The van der Waals surface area contributed by atoms with Crippen LogP contribution in [-0.4, -0.2) is 37.6 Å². The van der Waals surface area contributed by atoms with E-state index in [0.717, 1.165) is 28.2 Å². The summed E-state index contributed by atoms with van der Waals surface area (Å²) in [5.41, 5.74) is 1.96. The van der Waals surface area contributed by atoms with Gasteiger partial charge in [-0.3, -0.25) is 0 Å². The quantitative estimate of drug-likeness (QED) is 0.114. The van der Waals surface area contributed by atoms with Gasteiger partial charge in [0.1, 0.15) is 0 Å². The van der Waals surface area contributed by atoms with E-state index >= 15 is 0 Å². The lowest BCUT2D eigenvalue weighted by Gasteiger charge is -2.16. The molecule has 6 aromatic rings. The number of carbonyl (C=O) groups excluding carboxylic acids is 1. The van der Waals surface area contributed by atoms with Gasteiger partial charge in [0.15, 0.2) is 5.69 Å². The molecule has 50 heavy (non-hydrogen) atoms. The van der Waals surface area contributed by atoms with Gasteiger partial charge in [0, 0.05) is 49.9 Å². The number of carbonyl (C=O) groups is 1. The zero-order valence-electron chi connectivity index (χ0n) is 26.2. The summed E-state index contributed by atoms with van der Waals surface area (Å²) in [5, 5.41) is 10.7.